The molecular weight excluding hydrogens is 268 g/mol. The van der Waals surface area contributed by atoms with E-state index in [2.05, 4.69) is 5.32 Å². The van der Waals surface area contributed by atoms with Gasteiger partial charge in [0.25, 0.3) is 0 Å². The van der Waals surface area contributed by atoms with Crippen molar-refractivity contribution in [3.05, 3.63) is 34.9 Å². The minimum absolute atomic E-state index is 0.0636. The van der Waals surface area contributed by atoms with Gasteiger partial charge >= 0.3 is 6.03 Å². The summed E-state index contributed by atoms with van der Waals surface area (Å²) < 4.78 is 5.34. The molecule has 1 rings (SSSR count). The molecule has 1 unspecified atom stereocenters. The average molecular weight is 287 g/mol. The molecule has 0 radical (unpaired) electrons. The number of hydrogen-bond acceptors (Lipinski definition) is 3. The summed E-state index contributed by atoms with van der Waals surface area (Å²) in [4.78, 5) is 13.1. The molecule has 1 atom stereocenters. The Morgan fingerprint density at radius 1 is 1.58 bits per heavy atom. The van der Waals surface area contributed by atoms with Crippen LogP contribution in [-0.2, 0) is 4.74 Å². The van der Waals surface area contributed by atoms with E-state index in [0.717, 1.165) is 5.56 Å². The van der Waals surface area contributed by atoms with Crippen LogP contribution >= 0.6 is 11.6 Å². The van der Waals surface area contributed by atoms with Crippen LogP contribution in [0.15, 0.2) is 24.3 Å². The molecular formula is C13H19ClN2O3. The summed E-state index contributed by atoms with van der Waals surface area (Å²) in [6.07, 6.45) is -0.259. The van der Waals surface area contributed by atoms with E-state index < -0.39 is 0 Å². The SMILES string of the molecule is COC(CNC(=O)N(C)CCO)c1cccc(Cl)c1. The van der Waals surface area contributed by atoms with Crippen molar-refractivity contribution < 1.29 is 14.6 Å². The van der Waals surface area contributed by atoms with Crippen LogP contribution in [0.3, 0.4) is 0 Å². The van der Waals surface area contributed by atoms with Gasteiger partial charge in [0, 0.05) is 32.3 Å². The van der Waals surface area contributed by atoms with Crippen molar-refractivity contribution in [1.82, 2.24) is 10.2 Å². The molecule has 0 aliphatic rings. The lowest BCUT2D eigenvalue weighted by molar-refractivity contribution is 0.101. The highest BCUT2D eigenvalue weighted by molar-refractivity contribution is 6.30. The molecule has 106 valence electrons. The van der Waals surface area contributed by atoms with Crippen LogP contribution in [0.5, 0.6) is 0 Å². The first-order chi connectivity index (χ1) is 9.08. The Morgan fingerprint density at radius 2 is 2.32 bits per heavy atom. The van der Waals surface area contributed by atoms with Gasteiger partial charge in [-0.25, -0.2) is 4.79 Å². The number of aliphatic hydroxyl groups is 1. The normalized spacial score (nSPS) is 12.0. The second-order valence-corrected chi connectivity index (χ2v) is 4.55. The van der Waals surface area contributed by atoms with Gasteiger partial charge in [0.2, 0.25) is 0 Å². The third-order valence-corrected chi connectivity index (χ3v) is 2.96. The van der Waals surface area contributed by atoms with E-state index >= 15 is 0 Å². The number of carbonyl (C=O) groups is 1. The number of nitrogens with zero attached hydrogens (tertiary/aromatic N) is 1. The quantitative estimate of drug-likeness (QED) is 0.836. The maximum Gasteiger partial charge on any atom is 0.317 e. The summed E-state index contributed by atoms with van der Waals surface area (Å²) in [6, 6.07) is 7.07. The molecule has 0 spiro atoms. The minimum Gasteiger partial charge on any atom is -0.395 e. The van der Waals surface area contributed by atoms with Gasteiger partial charge in [0.1, 0.15) is 0 Å². The molecule has 1 aromatic rings. The Balaban J connectivity index is 2.56. The van der Waals surface area contributed by atoms with Crippen molar-refractivity contribution in [1.29, 1.82) is 0 Å². The van der Waals surface area contributed by atoms with Gasteiger partial charge in [-0.2, -0.15) is 0 Å². The van der Waals surface area contributed by atoms with Gasteiger partial charge in [0.05, 0.1) is 12.7 Å². The van der Waals surface area contributed by atoms with Gasteiger partial charge in [-0.15, -0.1) is 0 Å². The Bertz CT molecular complexity index is 415. The molecule has 0 heterocycles. The molecule has 0 aliphatic carbocycles. The Morgan fingerprint density at radius 3 is 2.89 bits per heavy atom. The minimum atomic E-state index is -0.259. The standard InChI is InChI=1S/C13H19ClN2O3/c1-16(6-7-17)13(18)15-9-12(19-2)10-4-3-5-11(14)8-10/h3-5,8,12,17H,6-7,9H2,1-2H3,(H,15,18). The number of amides is 2. The number of likely N-dealkylation sites (N-methyl/N-ethyl adjacent to an activating group) is 1. The number of benzene rings is 1. The zero-order chi connectivity index (χ0) is 14.3. The predicted molar refractivity (Wildman–Crippen MR) is 74.3 cm³/mol. The predicted octanol–water partition coefficient (Wildman–Crippen LogP) is 1.66. The molecule has 0 fully saturated rings. The van der Waals surface area contributed by atoms with E-state index in [1.54, 1.807) is 26.3 Å². The third-order valence-electron chi connectivity index (χ3n) is 2.73. The van der Waals surface area contributed by atoms with E-state index in [0.29, 0.717) is 18.1 Å². The van der Waals surface area contributed by atoms with E-state index in [9.17, 15) is 4.79 Å². The molecule has 5 nitrogen and oxygen atoms in total. The molecule has 0 saturated heterocycles. The maximum absolute atomic E-state index is 11.7. The molecule has 0 aliphatic heterocycles. The molecule has 0 saturated carbocycles. The molecule has 19 heavy (non-hydrogen) atoms. The highest BCUT2D eigenvalue weighted by atomic mass is 35.5. The van der Waals surface area contributed by atoms with Crippen LogP contribution in [0.25, 0.3) is 0 Å². The molecule has 2 amide bonds. The smallest absolute Gasteiger partial charge is 0.317 e. The summed E-state index contributed by atoms with van der Waals surface area (Å²) in [5.74, 6) is 0. The Hall–Kier alpha value is -1.30. The zero-order valence-corrected chi connectivity index (χ0v) is 11.9. The Kier molecular flexibility index (Phi) is 6.62. The monoisotopic (exact) mass is 286 g/mol. The fraction of sp³-hybridized carbons (Fsp3) is 0.462. The molecule has 0 aromatic heterocycles. The number of nitrogens with one attached hydrogen (secondary N) is 1. The number of rotatable bonds is 6. The van der Waals surface area contributed by atoms with Gasteiger partial charge in [-0.1, -0.05) is 23.7 Å². The molecule has 0 bridgehead atoms. The van der Waals surface area contributed by atoms with Gasteiger partial charge < -0.3 is 20.1 Å². The van der Waals surface area contributed by atoms with E-state index in [4.69, 9.17) is 21.4 Å². The van der Waals surface area contributed by atoms with Crippen molar-refractivity contribution in [3.63, 3.8) is 0 Å². The number of methoxy groups -OCH3 is 1. The van der Waals surface area contributed by atoms with Crippen LogP contribution in [0.1, 0.15) is 11.7 Å². The van der Waals surface area contributed by atoms with E-state index in [-0.39, 0.29) is 18.7 Å². The van der Waals surface area contributed by atoms with Crippen LogP contribution in [0.2, 0.25) is 5.02 Å². The highest BCUT2D eigenvalue weighted by Crippen LogP contribution is 2.19. The summed E-state index contributed by atoms with van der Waals surface area (Å²) >= 11 is 5.92. The average Bonchev–Trinajstić information content (AvgIpc) is 2.39. The highest BCUT2D eigenvalue weighted by Gasteiger charge is 2.14. The lowest BCUT2D eigenvalue weighted by Crippen LogP contribution is -2.40. The number of carbonyl (C=O) groups excluding carboxylic acids is 1. The van der Waals surface area contributed by atoms with Gasteiger partial charge in [-0.05, 0) is 17.7 Å². The lowest BCUT2D eigenvalue weighted by Gasteiger charge is -2.20. The van der Waals surface area contributed by atoms with Crippen molar-refractivity contribution in [2.45, 2.75) is 6.10 Å². The fourth-order valence-electron chi connectivity index (χ4n) is 1.61. The largest absolute Gasteiger partial charge is 0.395 e. The fourth-order valence-corrected chi connectivity index (χ4v) is 1.81. The van der Waals surface area contributed by atoms with E-state index in [1.807, 2.05) is 12.1 Å². The third kappa shape index (κ3) is 5.06. The van der Waals surface area contributed by atoms with E-state index in [1.165, 1.54) is 4.90 Å². The first kappa shape index (κ1) is 15.8. The second-order valence-electron chi connectivity index (χ2n) is 4.11. The lowest BCUT2D eigenvalue weighted by atomic mass is 10.1. The Labute approximate surface area is 118 Å². The maximum atomic E-state index is 11.7. The molecule has 1 aromatic carbocycles. The summed E-state index contributed by atoms with van der Waals surface area (Å²) in [6.45, 7) is 0.567. The van der Waals surface area contributed by atoms with Crippen molar-refractivity contribution >= 4 is 17.6 Å². The number of halogens is 1. The van der Waals surface area contributed by atoms with Gasteiger partial charge in [0.15, 0.2) is 0 Å². The number of ether oxygens (including phenoxy) is 1. The van der Waals surface area contributed by atoms with Crippen LogP contribution in [0.4, 0.5) is 4.79 Å². The summed E-state index contributed by atoms with van der Waals surface area (Å²) in [7, 11) is 3.20. The summed E-state index contributed by atoms with van der Waals surface area (Å²) in [5.41, 5.74) is 0.903. The van der Waals surface area contributed by atoms with Crippen LogP contribution in [-0.4, -0.2) is 49.9 Å². The second kappa shape index (κ2) is 7.99. The first-order valence-corrected chi connectivity index (χ1v) is 6.34. The van der Waals surface area contributed by atoms with Crippen LogP contribution < -0.4 is 5.32 Å². The van der Waals surface area contributed by atoms with Crippen molar-refractivity contribution in [3.8, 4) is 0 Å². The number of urea groups is 1. The molecule has 6 heteroatoms. The number of aliphatic hydroxyl groups excluding tert-OH is 1. The number of hydrogen-bond donors (Lipinski definition) is 2. The van der Waals surface area contributed by atoms with Gasteiger partial charge in [-0.3, -0.25) is 0 Å². The molecule has 2 N–H and O–H groups in total. The zero-order valence-electron chi connectivity index (χ0n) is 11.1. The van der Waals surface area contributed by atoms with Crippen LogP contribution in [0, 0.1) is 0 Å². The summed E-state index contributed by atoms with van der Waals surface area (Å²) in [5, 5.41) is 12.1. The van der Waals surface area contributed by atoms with Crippen molar-refractivity contribution in [2.75, 3.05) is 33.9 Å². The van der Waals surface area contributed by atoms with Crippen molar-refractivity contribution in [2.24, 2.45) is 0 Å². The first-order valence-electron chi connectivity index (χ1n) is 5.96. The topological polar surface area (TPSA) is 61.8 Å².